The lowest BCUT2D eigenvalue weighted by Crippen LogP contribution is -2.32. The number of amides is 1. The lowest BCUT2D eigenvalue weighted by molar-refractivity contribution is -0.119. The first-order valence-electron chi connectivity index (χ1n) is 8.29. The lowest BCUT2D eigenvalue weighted by Gasteiger charge is -2.11. The molecule has 0 saturated carbocycles. The average Bonchev–Trinajstić information content (AvgIpc) is 3.30. The summed E-state index contributed by atoms with van der Waals surface area (Å²) in [5, 5.41) is 15.2. The van der Waals surface area contributed by atoms with Crippen LogP contribution in [0.4, 0.5) is 0 Å². The molecule has 0 aliphatic carbocycles. The lowest BCUT2D eigenvalue weighted by atomic mass is 10.2. The van der Waals surface area contributed by atoms with E-state index in [-0.39, 0.29) is 17.8 Å². The zero-order valence-corrected chi connectivity index (χ0v) is 14.9. The van der Waals surface area contributed by atoms with Crippen LogP contribution in [0.1, 0.15) is 19.8 Å². The van der Waals surface area contributed by atoms with E-state index >= 15 is 0 Å². The summed E-state index contributed by atoms with van der Waals surface area (Å²) in [7, 11) is 0. The molecule has 1 amide bonds. The number of nitrogens with zero attached hydrogens (tertiary/aromatic N) is 4. The standard InChI is InChI=1S/C16H21N5O3S/c1-2-23-14-8-4-3-7-13(14)21-16(18-19-20-21)25-11-15(22)17-10-12-6-5-9-24-12/h3-4,7-8,12H,2,5-6,9-11H2,1H3,(H,17,22)/t12-/m1/s1. The topological polar surface area (TPSA) is 91.2 Å². The van der Waals surface area contributed by atoms with Crippen LogP contribution in [0.2, 0.25) is 0 Å². The molecule has 1 atom stereocenters. The molecule has 0 bridgehead atoms. The minimum absolute atomic E-state index is 0.0619. The van der Waals surface area contributed by atoms with Gasteiger partial charge in [-0.3, -0.25) is 4.79 Å². The summed E-state index contributed by atoms with van der Waals surface area (Å²) in [5.74, 6) is 0.874. The van der Waals surface area contributed by atoms with Gasteiger partial charge in [0.15, 0.2) is 0 Å². The van der Waals surface area contributed by atoms with E-state index in [1.807, 2.05) is 31.2 Å². The Morgan fingerprint density at radius 2 is 2.36 bits per heavy atom. The van der Waals surface area contributed by atoms with Crippen LogP contribution >= 0.6 is 11.8 Å². The zero-order valence-electron chi connectivity index (χ0n) is 14.1. The van der Waals surface area contributed by atoms with E-state index in [0.29, 0.717) is 24.1 Å². The van der Waals surface area contributed by atoms with Crippen LogP contribution in [0.3, 0.4) is 0 Å². The highest BCUT2D eigenvalue weighted by atomic mass is 32.2. The fraction of sp³-hybridized carbons (Fsp3) is 0.500. The Bertz CT molecular complexity index is 703. The largest absolute Gasteiger partial charge is 0.492 e. The second kappa shape index (κ2) is 8.82. The molecule has 25 heavy (non-hydrogen) atoms. The number of nitrogens with one attached hydrogen (secondary N) is 1. The van der Waals surface area contributed by atoms with Crippen molar-refractivity contribution in [3.05, 3.63) is 24.3 Å². The molecule has 3 rings (SSSR count). The van der Waals surface area contributed by atoms with Gasteiger partial charge >= 0.3 is 0 Å². The van der Waals surface area contributed by atoms with Crippen molar-refractivity contribution in [2.24, 2.45) is 0 Å². The third-order valence-corrected chi connectivity index (χ3v) is 4.64. The quantitative estimate of drug-likeness (QED) is 0.710. The smallest absolute Gasteiger partial charge is 0.230 e. The number of carbonyl (C=O) groups excluding carboxylic acids is 1. The van der Waals surface area contributed by atoms with Gasteiger partial charge in [0, 0.05) is 13.2 Å². The van der Waals surface area contributed by atoms with Gasteiger partial charge in [0.2, 0.25) is 11.1 Å². The SMILES string of the molecule is CCOc1ccccc1-n1nnnc1SCC(=O)NC[C@H]1CCCO1. The Balaban J connectivity index is 1.59. The van der Waals surface area contributed by atoms with Crippen molar-refractivity contribution in [1.29, 1.82) is 0 Å². The zero-order chi connectivity index (χ0) is 17.5. The van der Waals surface area contributed by atoms with Crippen LogP contribution in [0.15, 0.2) is 29.4 Å². The summed E-state index contributed by atoms with van der Waals surface area (Å²) in [6.45, 7) is 3.80. The van der Waals surface area contributed by atoms with E-state index in [0.717, 1.165) is 25.1 Å². The van der Waals surface area contributed by atoms with Crippen LogP contribution in [0.5, 0.6) is 5.75 Å². The highest BCUT2D eigenvalue weighted by molar-refractivity contribution is 7.99. The van der Waals surface area contributed by atoms with E-state index in [1.54, 1.807) is 4.68 Å². The van der Waals surface area contributed by atoms with Crippen LogP contribution in [-0.2, 0) is 9.53 Å². The van der Waals surface area contributed by atoms with Crippen LogP contribution in [-0.4, -0.2) is 57.7 Å². The van der Waals surface area contributed by atoms with E-state index < -0.39 is 0 Å². The van der Waals surface area contributed by atoms with E-state index in [9.17, 15) is 4.79 Å². The summed E-state index contributed by atoms with van der Waals surface area (Å²) < 4.78 is 12.7. The molecule has 1 aromatic heterocycles. The monoisotopic (exact) mass is 363 g/mol. The summed E-state index contributed by atoms with van der Waals surface area (Å²) in [6, 6.07) is 7.53. The number of aromatic nitrogens is 4. The molecule has 134 valence electrons. The maximum Gasteiger partial charge on any atom is 0.230 e. The van der Waals surface area contributed by atoms with Crippen molar-refractivity contribution < 1.29 is 14.3 Å². The fourth-order valence-electron chi connectivity index (χ4n) is 2.54. The van der Waals surface area contributed by atoms with E-state index in [4.69, 9.17) is 9.47 Å². The summed E-state index contributed by atoms with van der Waals surface area (Å²) in [6.07, 6.45) is 2.20. The van der Waals surface area contributed by atoms with Gasteiger partial charge in [-0.25, -0.2) is 0 Å². The first-order chi connectivity index (χ1) is 12.3. The molecular formula is C16H21N5O3S. The molecule has 1 saturated heterocycles. The second-order valence-corrected chi connectivity index (χ2v) is 6.44. The number of hydrogen-bond donors (Lipinski definition) is 1. The Morgan fingerprint density at radius 1 is 1.48 bits per heavy atom. The molecule has 1 aliphatic rings. The molecule has 8 nitrogen and oxygen atoms in total. The Morgan fingerprint density at radius 3 is 3.16 bits per heavy atom. The first-order valence-corrected chi connectivity index (χ1v) is 9.28. The van der Waals surface area contributed by atoms with Gasteiger partial charge in [-0.05, 0) is 42.3 Å². The van der Waals surface area contributed by atoms with Gasteiger partial charge in [-0.1, -0.05) is 23.9 Å². The van der Waals surface area contributed by atoms with Crippen molar-refractivity contribution in [2.45, 2.75) is 31.0 Å². The van der Waals surface area contributed by atoms with E-state index in [1.165, 1.54) is 11.8 Å². The molecule has 0 unspecified atom stereocenters. The predicted octanol–water partition coefficient (Wildman–Crippen LogP) is 1.45. The normalized spacial score (nSPS) is 16.8. The minimum atomic E-state index is -0.0619. The van der Waals surface area contributed by atoms with Gasteiger partial charge in [0.1, 0.15) is 11.4 Å². The number of carbonyl (C=O) groups is 1. The third-order valence-electron chi connectivity index (χ3n) is 3.72. The average molecular weight is 363 g/mol. The first kappa shape index (κ1) is 17.7. The molecule has 2 aromatic rings. The highest BCUT2D eigenvalue weighted by Crippen LogP contribution is 2.25. The Kier molecular flexibility index (Phi) is 6.24. The number of thioether (sulfide) groups is 1. The molecule has 1 aliphatic heterocycles. The van der Waals surface area contributed by atoms with Gasteiger partial charge in [0.25, 0.3) is 0 Å². The van der Waals surface area contributed by atoms with Crippen LogP contribution in [0, 0.1) is 0 Å². The van der Waals surface area contributed by atoms with Crippen molar-refractivity contribution >= 4 is 17.7 Å². The van der Waals surface area contributed by atoms with Crippen LogP contribution < -0.4 is 10.1 Å². The van der Waals surface area contributed by atoms with Crippen molar-refractivity contribution in [3.8, 4) is 11.4 Å². The Hall–Kier alpha value is -2.13. The maximum atomic E-state index is 12.0. The molecule has 2 heterocycles. The molecular weight excluding hydrogens is 342 g/mol. The van der Waals surface area contributed by atoms with Gasteiger partial charge in [0.05, 0.1) is 18.5 Å². The molecule has 1 N–H and O–H groups in total. The third kappa shape index (κ3) is 4.70. The predicted molar refractivity (Wildman–Crippen MR) is 93.0 cm³/mol. The van der Waals surface area contributed by atoms with Gasteiger partial charge in [-0.2, -0.15) is 4.68 Å². The number of ether oxygens (including phenoxy) is 2. The molecule has 0 radical (unpaired) electrons. The van der Waals surface area contributed by atoms with Crippen LogP contribution in [0.25, 0.3) is 5.69 Å². The van der Waals surface area contributed by atoms with Crippen molar-refractivity contribution in [2.75, 3.05) is 25.5 Å². The maximum absolute atomic E-state index is 12.0. The second-order valence-electron chi connectivity index (χ2n) is 5.50. The summed E-state index contributed by atoms with van der Waals surface area (Å²) >= 11 is 1.28. The molecule has 9 heteroatoms. The Labute approximate surface area is 150 Å². The number of hydrogen-bond acceptors (Lipinski definition) is 7. The summed E-state index contributed by atoms with van der Waals surface area (Å²) in [5.41, 5.74) is 0.747. The number of para-hydroxylation sites is 2. The molecule has 1 fully saturated rings. The van der Waals surface area contributed by atoms with Crippen molar-refractivity contribution in [1.82, 2.24) is 25.5 Å². The minimum Gasteiger partial charge on any atom is -0.492 e. The summed E-state index contributed by atoms with van der Waals surface area (Å²) in [4.78, 5) is 12.0. The van der Waals surface area contributed by atoms with E-state index in [2.05, 4.69) is 20.8 Å². The van der Waals surface area contributed by atoms with Gasteiger partial charge < -0.3 is 14.8 Å². The number of tetrazole rings is 1. The molecule has 0 spiro atoms. The number of rotatable bonds is 8. The van der Waals surface area contributed by atoms with Crippen molar-refractivity contribution in [3.63, 3.8) is 0 Å². The highest BCUT2D eigenvalue weighted by Gasteiger charge is 2.18. The van der Waals surface area contributed by atoms with Gasteiger partial charge in [-0.15, -0.1) is 5.10 Å². The molecule has 1 aromatic carbocycles. The fourth-order valence-corrected chi connectivity index (χ4v) is 3.26. The number of benzene rings is 1.